The van der Waals surface area contributed by atoms with Gasteiger partial charge in [-0.3, -0.25) is 9.48 Å². The Morgan fingerprint density at radius 1 is 1.64 bits per heavy atom. The minimum atomic E-state index is 0.0467. The van der Waals surface area contributed by atoms with Crippen LogP contribution < -0.4 is 0 Å². The number of carbonyl (C=O) groups is 1. The summed E-state index contributed by atoms with van der Waals surface area (Å²) in [5, 5.41) is 3.92. The summed E-state index contributed by atoms with van der Waals surface area (Å²) in [5.74, 6) is 0.190. The van der Waals surface area contributed by atoms with Crippen molar-refractivity contribution in [1.82, 2.24) is 9.78 Å². The summed E-state index contributed by atoms with van der Waals surface area (Å²) in [4.78, 5) is 11.4. The fourth-order valence-electron chi connectivity index (χ4n) is 0.911. The normalized spacial score (nSPS) is 10.5. The van der Waals surface area contributed by atoms with Gasteiger partial charge in [0.1, 0.15) is 5.69 Å². The lowest BCUT2D eigenvalue weighted by Crippen LogP contribution is -2.12. The van der Waals surface area contributed by atoms with Crippen LogP contribution in [0.2, 0.25) is 0 Å². The third-order valence-electron chi connectivity index (χ3n) is 1.60. The highest BCUT2D eigenvalue weighted by atomic mass is 16.1. The first-order valence-corrected chi connectivity index (χ1v) is 3.65. The van der Waals surface area contributed by atoms with Crippen molar-refractivity contribution in [2.24, 2.45) is 13.0 Å². The molecule has 0 bridgehead atoms. The lowest BCUT2D eigenvalue weighted by molar-refractivity contribution is 0.0930. The van der Waals surface area contributed by atoms with Crippen molar-refractivity contribution < 1.29 is 4.79 Å². The number of hydrogen-bond acceptors (Lipinski definition) is 2. The molecular weight excluding hydrogens is 140 g/mol. The van der Waals surface area contributed by atoms with Crippen LogP contribution >= 0.6 is 0 Å². The van der Waals surface area contributed by atoms with Gasteiger partial charge < -0.3 is 0 Å². The first kappa shape index (κ1) is 7.98. The molecule has 0 radical (unpaired) electrons. The molecule has 0 spiro atoms. The van der Waals surface area contributed by atoms with Gasteiger partial charge in [-0.05, 0) is 6.07 Å². The van der Waals surface area contributed by atoms with Crippen molar-refractivity contribution in [2.75, 3.05) is 0 Å². The van der Waals surface area contributed by atoms with E-state index in [1.807, 2.05) is 13.8 Å². The van der Waals surface area contributed by atoms with E-state index < -0.39 is 0 Å². The monoisotopic (exact) mass is 152 g/mol. The zero-order valence-electron chi connectivity index (χ0n) is 7.03. The largest absolute Gasteiger partial charge is 0.292 e. The Labute approximate surface area is 66.0 Å². The molecule has 0 aromatic carbocycles. The highest BCUT2D eigenvalue weighted by Gasteiger charge is 2.12. The molecule has 1 rings (SSSR count). The topological polar surface area (TPSA) is 34.9 Å². The van der Waals surface area contributed by atoms with E-state index in [1.165, 1.54) is 0 Å². The number of carbonyl (C=O) groups excluding carboxylic acids is 1. The molecule has 0 aliphatic heterocycles. The van der Waals surface area contributed by atoms with E-state index in [-0.39, 0.29) is 11.7 Å². The van der Waals surface area contributed by atoms with Crippen molar-refractivity contribution in [1.29, 1.82) is 0 Å². The maximum Gasteiger partial charge on any atom is 0.183 e. The Morgan fingerprint density at radius 3 is 2.64 bits per heavy atom. The van der Waals surface area contributed by atoms with Crippen molar-refractivity contribution in [3.05, 3.63) is 18.0 Å². The highest BCUT2D eigenvalue weighted by Crippen LogP contribution is 2.05. The maximum atomic E-state index is 11.4. The molecule has 3 heteroatoms. The van der Waals surface area contributed by atoms with Crippen LogP contribution in [0.25, 0.3) is 0 Å². The molecule has 60 valence electrons. The van der Waals surface area contributed by atoms with Crippen LogP contribution in [-0.2, 0) is 7.05 Å². The molecule has 0 atom stereocenters. The first-order chi connectivity index (χ1) is 5.13. The average Bonchev–Trinajstić information content (AvgIpc) is 2.33. The third kappa shape index (κ3) is 1.48. The van der Waals surface area contributed by atoms with E-state index >= 15 is 0 Å². The number of hydrogen-bond donors (Lipinski definition) is 0. The van der Waals surface area contributed by atoms with Gasteiger partial charge in [-0.25, -0.2) is 0 Å². The number of aromatic nitrogens is 2. The van der Waals surface area contributed by atoms with Crippen molar-refractivity contribution >= 4 is 5.78 Å². The van der Waals surface area contributed by atoms with E-state index in [0.29, 0.717) is 5.69 Å². The third-order valence-corrected chi connectivity index (χ3v) is 1.60. The van der Waals surface area contributed by atoms with Gasteiger partial charge in [0, 0.05) is 19.2 Å². The Morgan fingerprint density at radius 2 is 2.27 bits per heavy atom. The lowest BCUT2D eigenvalue weighted by Gasteiger charge is -2.02. The molecule has 3 nitrogen and oxygen atoms in total. The van der Waals surface area contributed by atoms with E-state index in [1.54, 1.807) is 24.0 Å². The van der Waals surface area contributed by atoms with Gasteiger partial charge in [0.15, 0.2) is 5.78 Å². The van der Waals surface area contributed by atoms with Crippen molar-refractivity contribution in [2.45, 2.75) is 13.8 Å². The molecule has 0 saturated carbocycles. The molecule has 0 fully saturated rings. The predicted octanol–water partition coefficient (Wildman–Crippen LogP) is 1.26. The predicted molar refractivity (Wildman–Crippen MR) is 42.4 cm³/mol. The standard InChI is InChI=1S/C8H12N2O/c1-6(2)8(11)7-4-5-9-10(7)3/h4-6H,1-3H3. The second-order valence-electron chi connectivity index (χ2n) is 2.86. The summed E-state index contributed by atoms with van der Waals surface area (Å²) >= 11 is 0. The number of Topliss-reactive ketones (excluding diaryl/α,β-unsaturated/α-hetero) is 1. The molecule has 0 aliphatic rings. The lowest BCUT2D eigenvalue weighted by atomic mass is 10.1. The van der Waals surface area contributed by atoms with E-state index in [9.17, 15) is 4.79 Å². The summed E-state index contributed by atoms with van der Waals surface area (Å²) in [6.45, 7) is 3.77. The van der Waals surface area contributed by atoms with E-state index in [4.69, 9.17) is 0 Å². The molecule has 11 heavy (non-hydrogen) atoms. The number of ketones is 1. The first-order valence-electron chi connectivity index (χ1n) is 3.65. The zero-order chi connectivity index (χ0) is 8.43. The fraction of sp³-hybridized carbons (Fsp3) is 0.500. The van der Waals surface area contributed by atoms with Gasteiger partial charge in [0.05, 0.1) is 0 Å². The van der Waals surface area contributed by atoms with Gasteiger partial charge in [0.25, 0.3) is 0 Å². The fourth-order valence-corrected chi connectivity index (χ4v) is 0.911. The van der Waals surface area contributed by atoms with Crippen LogP contribution in [0.4, 0.5) is 0 Å². The smallest absolute Gasteiger partial charge is 0.183 e. The van der Waals surface area contributed by atoms with E-state index in [0.717, 1.165) is 0 Å². The van der Waals surface area contributed by atoms with Gasteiger partial charge in [-0.15, -0.1) is 0 Å². The van der Waals surface area contributed by atoms with Crippen LogP contribution in [0.1, 0.15) is 24.3 Å². The SMILES string of the molecule is CC(C)C(=O)c1ccnn1C. The van der Waals surface area contributed by atoms with Gasteiger partial charge in [-0.2, -0.15) is 5.10 Å². The average molecular weight is 152 g/mol. The number of nitrogens with zero attached hydrogens (tertiary/aromatic N) is 2. The van der Waals surface area contributed by atoms with Crippen molar-refractivity contribution in [3.63, 3.8) is 0 Å². The Kier molecular flexibility index (Phi) is 2.08. The highest BCUT2D eigenvalue weighted by molar-refractivity contribution is 5.95. The Bertz CT molecular complexity index is 263. The van der Waals surface area contributed by atoms with Crippen LogP contribution in [0.3, 0.4) is 0 Å². The molecule has 1 aromatic rings. The van der Waals surface area contributed by atoms with Gasteiger partial charge >= 0.3 is 0 Å². The second kappa shape index (κ2) is 2.86. The summed E-state index contributed by atoms with van der Waals surface area (Å²) in [5.41, 5.74) is 0.681. The summed E-state index contributed by atoms with van der Waals surface area (Å²) in [6, 6.07) is 1.74. The summed E-state index contributed by atoms with van der Waals surface area (Å²) in [6.07, 6.45) is 1.63. The number of rotatable bonds is 2. The molecule has 0 amide bonds. The van der Waals surface area contributed by atoms with Crippen LogP contribution in [-0.4, -0.2) is 15.6 Å². The molecular formula is C8H12N2O. The molecule has 1 aromatic heterocycles. The number of aryl methyl sites for hydroxylation is 1. The van der Waals surface area contributed by atoms with Crippen LogP contribution in [0.15, 0.2) is 12.3 Å². The molecule has 0 unspecified atom stereocenters. The van der Waals surface area contributed by atoms with Gasteiger partial charge in [-0.1, -0.05) is 13.8 Å². The molecule has 0 aliphatic carbocycles. The summed E-state index contributed by atoms with van der Waals surface area (Å²) < 4.78 is 1.60. The van der Waals surface area contributed by atoms with Crippen LogP contribution in [0.5, 0.6) is 0 Å². The second-order valence-corrected chi connectivity index (χ2v) is 2.86. The quantitative estimate of drug-likeness (QED) is 0.598. The van der Waals surface area contributed by atoms with Crippen molar-refractivity contribution in [3.8, 4) is 0 Å². The minimum absolute atomic E-state index is 0.0467. The van der Waals surface area contributed by atoms with Crippen LogP contribution in [0, 0.1) is 5.92 Å². The molecule has 1 heterocycles. The Hall–Kier alpha value is -1.12. The maximum absolute atomic E-state index is 11.4. The molecule has 0 N–H and O–H groups in total. The summed E-state index contributed by atoms with van der Waals surface area (Å²) in [7, 11) is 1.77. The Balaban J connectivity index is 2.93. The van der Waals surface area contributed by atoms with E-state index in [2.05, 4.69) is 5.10 Å². The van der Waals surface area contributed by atoms with Gasteiger partial charge in [0.2, 0.25) is 0 Å². The molecule has 0 saturated heterocycles. The zero-order valence-corrected chi connectivity index (χ0v) is 7.03. The minimum Gasteiger partial charge on any atom is -0.292 e.